The molecule has 0 spiro atoms. The van der Waals surface area contributed by atoms with Crippen LogP contribution < -0.4 is 29.1 Å². The van der Waals surface area contributed by atoms with Gasteiger partial charge in [-0.25, -0.2) is 0 Å². The molecule has 0 aliphatic carbocycles. The molecule has 0 saturated heterocycles. The molecule has 6 nitrogen and oxygen atoms in total. The summed E-state index contributed by atoms with van der Waals surface area (Å²) in [6.45, 7) is 6.61. The molecule has 0 radical (unpaired) electrons. The van der Waals surface area contributed by atoms with Gasteiger partial charge in [-0.1, -0.05) is 182 Å². The first kappa shape index (κ1) is 54.8. The molecule has 91 heavy (non-hydrogen) atoms. The van der Waals surface area contributed by atoms with Crippen molar-refractivity contribution in [2.24, 2.45) is 0 Å². The Balaban J connectivity index is 0.778. The minimum atomic E-state index is -0.835. The van der Waals surface area contributed by atoms with Crippen molar-refractivity contribution in [1.29, 1.82) is 0 Å². The van der Waals surface area contributed by atoms with E-state index >= 15 is 0 Å². The predicted molar refractivity (Wildman–Crippen MR) is 378 cm³/mol. The third kappa shape index (κ3) is 9.86. The maximum absolute atomic E-state index is 7.50. The molecule has 1 atom stereocenters. The topological polar surface area (TPSA) is 31.4 Å². The number of benzene rings is 14. The Morgan fingerprint density at radius 1 is 0.242 bits per heavy atom. The van der Waals surface area contributed by atoms with Gasteiger partial charge in [0.05, 0.1) is 5.69 Å². The Morgan fingerprint density at radius 2 is 0.593 bits per heavy atom. The number of nitrogens with zero attached hydrogens (tertiary/aromatic N) is 4. The van der Waals surface area contributed by atoms with Crippen LogP contribution in [0.3, 0.4) is 0 Å². The highest BCUT2D eigenvalue weighted by molar-refractivity contribution is 6.15. The first-order valence-corrected chi connectivity index (χ1v) is 31.2. The summed E-state index contributed by atoms with van der Waals surface area (Å²) in [5.41, 5.74) is 18.8. The van der Waals surface area contributed by atoms with Crippen LogP contribution in [-0.4, -0.2) is 0 Å². The van der Waals surface area contributed by atoms with Gasteiger partial charge in [-0.3, -0.25) is 0 Å². The van der Waals surface area contributed by atoms with Crippen molar-refractivity contribution < 1.29 is 9.47 Å². The maximum atomic E-state index is 7.50. The van der Waals surface area contributed by atoms with Crippen molar-refractivity contribution in [2.75, 3.05) is 19.6 Å². The van der Waals surface area contributed by atoms with Crippen LogP contribution in [0.4, 0.5) is 68.2 Å². The molecule has 0 bridgehead atoms. The number of hydrogen-bond donors (Lipinski definition) is 0. The van der Waals surface area contributed by atoms with Crippen LogP contribution in [0.15, 0.2) is 334 Å². The summed E-state index contributed by atoms with van der Waals surface area (Å²) in [7, 11) is 0. The summed E-state index contributed by atoms with van der Waals surface area (Å²) >= 11 is 0. The lowest BCUT2D eigenvalue weighted by Gasteiger charge is -2.39. The van der Waals surface area contributed by atoms with E-state index in [2.05, 4.69) is 374 Å². The van der Waals surface area contributed by atoms with Gasteiger partial charge in [0.1, 0.15) is 17.1 Å². The largest absolute Gasteiger partial charge is 0.482 e. The second-order valence-corrected chi connectivity index (χ2v) is 24.2. The maximum Gasteiger partial charge on any atom is 0.157 e. The molecule has 436 valence electrons. The molecule has 6 heteroatoms. The van der Waals surface area contributed by atoms with E-state index in [1.54, 1.807) is 0 Å². The van der Waals surface area contributed by atoms with Crippen molar-refractivity contribution in [1.82, 2.24) is 0 Å². The fourth-order valence-electron chi connectivity index (χ4n) is 13.8. The first-order chi connectivity index (χ1) is 44.7. The first-order valence-electron chi connectivity index (χ1n) is 31.2. The van der Waals surface area contributed by atoms with Gasteiger partial charge >= 0.3 is 0 Å². The van der Waals surface area contributed by atoms with Crippen LogP contribution >= 0.6 is 0 Å². The summed E-state index contributed by atoms with van der Waals surface area (Å²) < 4.78 is 14.7. The van der Waals surface area contributed by atoms with Crippen LogP contribution in [0.5, 0.6) is 11.5 Å². The lowest BCUT2D eigenvalue weighted by molar-refractivity contribution is 0.110. The SMILES string of the molecule is CC1(C)Oc2cc(N(c3ccccc3)c3ccccc3)cc3ccc4cc(N(c5ccccc5)c5cccc(-c6cccc(N(c7ccccc7)c7ccc8c(c7)OC(C)(c7ccccc7)c7cc(N(c9ccccc9)c9ccccc9)ccc7-8)c6)c5)cc1c4c23. The molecular formula is C85H64N4O2. The highest BCUT2D eigenvalue weighted by atomic mass is 16.5. The van der Waals surface area contributed by atoms with Crippen LogP contribution in [0, 0.1) is 0 Å². The Morgan fingerprint density at radius 3 is 1.08 bits per heavy atom. The summed E-state index contributed by atoms with van der Waals surface area (Å²) in [5, 5.41) is 4.63. The average molecular weight is 1170 g/mol. The zero-order chi connectivity index (χ0) is 61.0. The summed E-state index contributed by atoms with van der Waals surface area (Å²) in [5.74, 6) is 1.69. The van der Waals surface area contributed by atoms with E-state index in [1.165, 1.54) is 5.39 Å². The minimum absolute atomic E-state index is 0.665. The molecule has 2 aliphatic rings. The summed E-state index contributed by atoms with van der Waals surface area (Å²) in [4.78, 5) is 9.35. The van der Waals surface area contributed by atoms with Crippen molar-refractivity contribution in [3.8, 4) is 33.8 Å². The number of para-hydroxylation sites is 6. The van der Waals surface area contributed by atoms with Crippen LogP contribution in [0.1, 0.15) is 37.5 Å². The molecule has 2 aliphatic heterocycles. The zero-order valence-corrected chi connectivity index (χ0v) is 50.9. The highest BCUT2D eigenvalue weighted by Gasteiger charge is 2.40. The van der Waals surface area contributed by atoms with Gasteiger partial charge in [0.2, 0.25) is 0 Å². The molecule has 0 fully saturated rings. The van der Waals surface area contributed by atoms with E-state index in [0.717, 1.165) is 135 Å². The van der Waals surface area contributed by atoms with E-state index in [4.69, 9.17) is 9.47 Å². The fourth-order valence-corrected chi connectivity index (χ4v) is 13.8. The number of fused-ring (bicyclic) bond motifs is 3. The van der Waals surface area contributed by atoms with Gasteiger partial charge in [-0.2, -0.15) is 0 Å². The molecule has 0 amide bonds. The normalized spacial score (nSPS) is 14.2. The van der Waals surface area contributed by atoms with E-state index < -0.39 is 11.2 Å². The molecule has 0 N–H and O–H groups in total. The smallest absolute Gasteiger partial charge is 0.157 e. The summed E-state index contributed by atoms with van der Waals surface area (Å²) in [6.07, 6.45) is 0. The van der Waals surface area contributed by atoms with Gasteiger partial charge in [-0.05, 0) is 193 Å². The molecule has 14 aromatic carbocycles. The molecule has 0 saturated carbocycles. The van der Waals surface area contributed by atoms with Gasteiger partial charge in [0.25, 0.3) is 0 Å². The molecule has 16 rings (SSSR count). The lowest BCUT2D eigenvalue weighted by Crippen LogP contribution is -2.34. The third-order valence-electron chi connectivity index (χ3n) is 18.0. The summed E-state index contributed by atoms with van der Waals surface area (Å²) in [6, 6.07) is 119. The lowest BCUT2D eigenvalue weighted by atomic mass is 9.80. The molecule has 2 heterocycles. The Hall–Kier alpha value is -11.6. The van der Waals surface area contributed by atoms with Crippen LogP contribution in [0.25, 0.3) is 43.8 Å². The fraction of sp³-hybridized carbons (Fsp3) is 0.0588. The van der Waals surface area contributed by atoms with E-state index in [-0.39, 0.29) is 0 Å². The predicted octanol–water partition coefficient (Wildman–Crippen LogP) is 23.5. The van der Waals surface area contributed by atoms with E-state index in [9.17, 15) is 0 Å². The van der Waals surface area contributed by atoms with Crippen molar-refractivity contribution >= 4 is 89.8 Å². The Bertz CT molecular complexity index is 4910. The highest BCUT2D eigenvalue weighted by Crippen LogP contribution is 2.54. The third-order valence-corrected chi connectivity index (χ3v) is 18.0. The van der Waals surface area contributed by atoms with Crippen LogP contribution in [0.2, 0.25) is 0 Å². The van der Waals surface area contributed by atoms with Crippen LogP contribution in [-0.2, 0) is 11.2 Å². The second-order valence-electron chi connectivity index (χ2n) is 24.2. The molecule has 0 aromatic heterocycles. The van der Waals surface area contributed by atoms with Crippen molar-refractivity contribution in [2.45, 2.75) is 32.0 Å². The molecule has 14 aromatic rings. The van der Waals surface area contributed by atoms with Gasteiger partial charge in [0.15, 0.2) is 5.60 Å². The van der Waals surface area contributed by atoms with Gasteiger partial charge in [0, 0.05) is 102 Å². The molecular weight excluding hydrogens is 1110 g/mol. The average Bonchev–Trinajstić information content (AvgIpc) is 0.738. The van der Waals surface area contributed by atoms with Gasteiger partial charge < -0.3 is 29.1 Å². The Labute approximate surface area is 532 Å². The second kappa shape index (κ2) is 22.5. The number of anilines is 12. The van der Waals surface area contributed by atoms with E-state index in [0.29, 0.717) is 0 Å². The number of ether oxygens (including phenoxy) is 2. The monoisotopic (exact) mass is 1170 g/mol. The standard InChI is InChI=1S/C85H64N4O2/c1-84(2)79-56-74(53-61-45-46-62-54-75(58-81(90-84)83(62)82(61)79)87(66-35-17-7-18-36-66)67-37-19-8-20-38-67)89(69-41-23-10-24-42-69)71-44-26-28-60(52-71)59-27-25-43-70(51-59)88(68-39-21-9-22-40-68)73-48-50-77-76-49-47-72(86(64-31-13-5-14-32-64)65-33-15-6-16-34-65)55-78(76)85(3,91-80(77)57-73)63-29-11-4-12-30-63/h4-58H,1-3H3. The molecule has 1 unspecified atom stereocenters. The Kier molecular flexibility index (Phi) is 13.6. The quantitative estimate of drug-likeness (QED) is 0.101. The van der Waals surface area contributed by atoms with Gasteiger partial charge in [-0.15, -0.1) is 0 Å². The number of hydrogen-bond acceptors (Lipinski definition) is 6. The van der Waals surface area contributed by atoms with Crippen molar-refractivity contribution in [3.63, 3.8) is 0 Å². The van der Waals surface area contributed by atoms with E-state index in [1.807, 2.05) is 0 Å². The minimum Gasteiger partial charge on any atom is -0.482 e. The van der Waals surface area contributed by atoms with Crippen molar-refractivity contribution in [3.05, 3.63) is 350 Å². The zero-order valence-electron chi connectivity index (χ0n) is 50.9. The number of rotatable bonds is 14.